The van der Waals surface area contributed by atoms with Gasteiger partial charge in [0.25, 0.3) is 0 Å². The van der Waals surface area contributed by atoms with Crippen LogP contribution in [0, 0.1) is 12.7 Å². The fraction of sp³-hybridized carbons (Fsp3) is 0.348. The maximum Gasteiger partial charge on any atom is 0.420 e. The van der Waals surface area contributed by atoms with Crippen LogP contribution in [-0.2, 0) is 0 Å². The van der Waals surface area contributed by atoms with Gasteiger partial charge in [0.15, 0.2) is 17.2 Å². The molecule has 5 nitrogen and oxygen atoms in total. The van der Waals surface area contributed by atoms with Crippen molar-refractivity contribution in [2.24, 2.45) is 0 Å². The minimum Gasteiger partial charge on any atom is -0.494 e. The molecule has 1 heterocycles. The molecule has 0 aliphatic carbocycles. The number of pyridine rings is 1. The lowest BCUT2D eigenvalue weighted by molar-refractivity contribution is -0.264. The molecular formula is C23H25F4N3O2. The number of anilines is 1. The molecule has 1 aromatic heterocycles. The summed E-state index contributed by atoms with van der Waals surface area (Å²) in [5, 5.41) is 16.9. The van der Waals surface area contributed by atoms with Crippen LogP contribution in [0.25, 0.3) is 10.9 Å². The maximum atomic E-state index is 14.4. The average Bonchev–Trinajstić information content (AvgIpc) is 2.74. The molecule has 0 fully saturated rings. The number of alkyl halides is 3. The number of aliphatic hydroxyl groups is 1. The van der Waals surface area contributed by atoms with Gasteiger partial charge in [-0.25, -0.2) is 4.39 Å². The molecule has 0 aliphatic rings. The van der Waals surface area contributed by atoms with Gasteiger partial charge in [-0.05, 0) is 55.4 Å². The summed E-state index contributed by atoms with van der Waals surface area (Å²) in [7, 11) is 1.26. The smallest absolute Gasteiger partial charge is 0.420 e. The Balaban J connectivity index is 2.17. The molecule has 2 atom stereocenters. The van der Waals surface area contributed by atoms with E-state index in [0.717, 1.165) is 11.8 Å². The second-order valence-corrected chi connectivity index (χ2v) is 7.50. The number of likely N-dealkylation sites (N-methyl/N-ethyl adjacent to an activating group) is 1. The van der Waals surface area contributed by atoms with Gasteiger partial charge in [0.2, 0.25) is 0 Å². The molecule has 0 radical (unpaired) electrons. The number of hydrogen-bond donors (Lipinski definition) is 3. The molecule has 0 aliphatic heterocycles. The zero-order valence-corrected chi connectivity index (χ0v) is 17.9. The molecule has 3 rings (SSSR count). The van der Waals surface area contributed by atoms with Gasteiger partial charge < -0.3 is 20.5 Å². The number of hydrogen-bond acceptors (Lipinski definition) is 5. The van der Waals surface area contributed by atoms with E-state index in [1.54, 1.807) is 44.2 Å². The number of aromatic nitrogens is 1. The van der Waals surface area contributed by atoms with Gasteiger partial charge in [-0.1, -0.05) is 19.1 Å². The number of aryl methyl sites for hydroxylation is 1. The molecule has 2 aromatic carbocycles. The zero-order valence-electron chi connectivity index (χ0n) is 17.9. The highest BCUT2D eigenvalue weighted by atomic mass is 19.4. The monoisotopic (exact) mass is 451 g/mol. The van der Waals surface area contributed by atoms with Crippen LogP contribution in [0.2, 0.25) is 0 Å². The Hall–Kier alpha value is -2.91. The van der Waals surface area contributed by atoms with E-state index in [9.17, 15) is 22.7 Å². The Kier molecular flexibility index (Phi) is 6.90. The number of rotatable bonds is 8. The van der Waals surface area contributed by atoms with E-state index in [1.807, 2.05) is 0 Å². The first-order chi connectivity index (χ1) is 15.1. The van der Waals surface area contributed by atoms with Crippen molar-refractivity contribution in [2.45, 2.75) is 31.7 Å². The number of nitrogens with one attached hydrogen (secondary N) is 2. The van der Waals surface area contributed by atoms with Crippen LogP contribution in [0.15, 0.2) is 48.5 Å². The average molecular weight is 451 g/mol. The zero-order chi connectivity index (χ0) is 23.5. The second-order valence-electron chi connectivity index (χ2n) is 7.50. The fourth-order valence-corrected chi connectivity index (χ4v) is 3.56. The summed E-state index contributed by atoms with van der Waals surface area (Å²) in [6.45, 7) is 2.85. The van der Waals surface area contributed by atoms with Crippen molar-refractivity contribution in [3.8, 4) is 5.75 Å². The quantitative estimate of drug-likeness (QED) is 0.432. The molecule has 172 valence electrons. The molecule has 3 aromatic rings. The number of benzene rings is 2. The lowest BCUT2D eigenvalue weighted by Gasteiger charge is -2.39. The van der Waals surface area contributed by atoms with Crippen LogP contribution in [0.1, 0.15) is 24.2 Å². The van der Waals surface area contributed by atoms with E-state index in [0.29, 0.717) is 16.6 Å². The third-order valence-electron chi connectivity index (χ3n) is 5.29. The molecule has 0 bridgehead atoms. The SMILES string of the molecule is CCNCC(O)(C(Nc1cccc2nc(C)ccc12)c1ccc(OC)c(F)c1)C(F)(F)F. The number of nitrogens with zero attached hydrogens (tertiary/aromatic N) is 1. The standard InChI is InChI=1S/C23H25F4N3O2/c1-4-28-13-22(31,23(25,26)27)21(15-9-11-20(32-3)17(24)12-15)30-19-7-5-6-18-16(19)10-8-14(2)29-18/h5-12,21,28,30-31H,4,13H2,1-3H3. The van der Waals surface area contributed by atoms with Gasteiger partial charge in [0.05, 0.1) is 18.7 Å². The Morgan fingerprint density at radius 3 is 2.50 bits per heavy atom. The molecule has 3 N–H and O–H groups in total. The summed E-state index contributed by atoms with van der Waals surface area (Å²) in [5.74, 6) is -0.945. The van der Waals surface area contributed by atoms with Crippen molar-refractivity contribution in [2.75, 3.05) is 25.5 Å². The van der Waals surface area contributed by atoms with Gasteiger partial charge in [-0.2, -0.15) is 13.2 Å². The van der Waals surface area contributed by atoms with E-state index in [4.69, 9.17) is 4.74 Å². The predicted octanol–water partition coefficient (Wildman–Crippen LogP) is 4.75. The first-order valence-electron chi connectivity index (χ1n) is 10.1. The summed E-state index contributed by atoms with van der Waals surface area (Å²) in [6, 6.07) is 10.2. The fourth-order valence-electron chi connectivity index (χ4n) is 3.56. The Morgan fingerprint density at radius 2 is 1.88 bits per heavy atom. The minimum absolute atomic E-state index is 0.0851. The number of halogens is 4. The van der Waals surface area contributed by atoms with Crippen molar-refractivity contribution in [3.05, 3.63) is 65.6 Å². The Labute approximate surface area is 183 Å². The highest BCUT2D eigenvalue weighted by Crippen LogP contribution is 2.43. The number of fused-ring (bicyclic) bond motifs is 1. The largest absolute Gasteiger partial charge is 0.494 e. The first-order valence-corrected chi connectivity index (χ1v) is 10.1. The summed E-state index contributed by atoms with van der Waals surface area (Å²) < 4.78 is 62.0. The van der Waals surface area contributed by atoms with Crippen molar-refractivity contribution in [1.29, 1.82) is 0 Å². The van der Waals surface area contributed by atoms with Crippen molar-refractivity contribution in [3.63, 3.8) is 0 Å². The second kappa shape index (κ2) is 9.30. The van der Waals surface area contributed by atoms with Gasteiger partial charge in [0.1, 0.15) is 0 Å². The van der Waals surface area contributed by atoms with Gasteiger partial charge in [-0.3, -0.25) is 4.98 Å². The lowest BCUT2D eigenvalue weighted by Crippen LogP contribution is -2.58. The topological polar surface area (TPSA) is 66.4 Å². The van der Waals surface area contributed by atoms with Crippen LogP contribution >= 0.6 is 0 Å². The van der Waals surface area contributed by atoms with Crippen molar-refractivity contribution in [1.82, 2.24) is 10.3 Å². The van der Waals surface area contributed by atoms with E-state index in [-0.39, 0.29) is 17.9 Å². The van der Waals surface area contributed by atoms with Crippen LogP contribution in [0.5, 0.6) is 5.75 Å². The minimum atomic E-state index is -5.03. The number of methoxy groups -OCH3 is 1. The molecule has 0 spiro atoms. The lowest BCUT2D eigenvalue weighted by atomic mass is 9.86. The molecule has 32 heavy (non-hydrogen) atoms. The highest BCUT2D eigenvalue weighted by Gasteiger charge is 2.59. The van der Waals surface area contributed by atoms with E-state index in [1.165, 1.54) is 19.2 Å². The van der Waals surface area contributed by atoms with Gasteiger partial charge in [-0.15, -0.1) is 0 Å². The molecule has 9 heteroatoms. The molecule has 0 saturated carbocycles. The summed E-state index contributed by atoms with van der Waals surface area (Å²) >= 11 is 0. The summed E-state index contributed by atoms with van der Waals surface area (Å²) in [6.07, 6.45) is -5.03. The van der Waals surface area contributed by atoms with Gasteiger partial charge >= 0.3 is 6.18 Å². The molecule has 0 amide bonds. The van der Waals surface area contributed by atoms with E-state index >= 15 is 0 Å². The van der Waals surface area contributed by atoms with E-state index in [2.05, 4.69) is 15.6 Å². The summed E-state index contributed by atoms with van der Waals surface area (Å²) in [4.78, 5) is 4.40. The van der Waals surface area contributed by atoms with Crippen LogP contribution in [0.3, 0.4) is 0 Å². The number of ether oxygens (including phenoxy) is 1. The van der Waals surface area contributed by atoms with Crippen molar-refractivity contribution >= 4 is 16.6 Å². The Bertz CT molecular complexity index is 1090. The van der Waals surface area contributed by atoms with Gasteiger partial charge in [0, 0.05) is 23.3 Å². The van der Waals surface area contributed by atoms with E-state index < -0.39 is 30.2 Å². The summed E-state index contributed by atoms with van der Waals surface area (Å²) in [5.41, 5.74) is -1.67. The molecule has 0 saturated heterocycles. The van der Waals surface area contributed by atoms with Crippen LogP contribution in [0.4, 0.5) is 23.2 Å². The predicted molar refractivity (Wildman–Crippen MR) is 115 cm³/mol. The molecular weight excluding hydrogens is 426 g/mol. The Morgan fingerprint density at radius 1 is 1.12 bits per heavy atom. The third kappa shape index (κ3) is 4.63. The van der Waals surface area contributed by atoms with Crippen LogP contribution < -0.4 is 15.4 Å². The highest BCUT2D eigenvalue weighted by molar-refractivity contribution is 5.91. The van der Waals surface area contributed by atoms with Crippen molar-refractivity contribution < 1.29 is 27.4 Å². The molecule has 2 unspecified atom stereocenters. The first kappa shape index (κ1) is 23.7. The van der Waals surface area contributed by atoms with Crippen LogP contribution in [-0.4, -0.2) is 42.1 Å². The maximum absolute atomic E-state index is 14.4. The third-order valence-corrected chi connectivity index (χ3v) is 5.29. The normalized spacial score (nSPS) is 14.8.